The molecule has 0 amide bonds. The first-order valence-corrected chi connectivity index (χ1v) is 7.73. The largest absolute Gasteiger partial charge is 0.376 e. The van der Waals surface area contributed by atoms with Gasteiger partial charge in [-0.05, 0) is 38.3 Å². The molecular formula is C17H28N2O. The molecule has 1 saturated heterocycles. The predicted octanol–water partition coefficient (Wildman–Crippen LogP) is 2.88. The van der Waals surface area contributed by atoms with Crippen LogP contribution < -0.4 is 5.73 Å². The molecule has 4 atom stereocenters. The van der Waals surface area contributed by atoms with E-state index in [4.69, 9.17) is 10.5 Å². The van der Waals surface area contributed by atoms with Crippen LogP contribution in [0.25, 0.3) is 0 Å². The summed E-state index contributed by atoms with van der Waals surface area (Å²) in [6.45, 7) is 10.4. The van der Waals surface area contributed by atoms with Crippen LogP contribution in [-0.4, -0.2) is 36.2 Å². The minimum Gasteiger partial charge on any atom is -0.376 e. The molecule has 1 aliphatic heterocycles. The van der Waals surface area contributed by atoms with E-state index in [1.165, 1.54) is 11.1 Å². The molecule has 0 aliphatic carbocycles. The van der Waals surface area contributed by atoms with Gasteiger partial charge in [-0.15, -0.1) is 0 Å². The summed E-state index contributed by atoms with van der Waals surface area (Å²) in [5, 5.41) is 0. The Morgan fingerprint density at radius 1 is 1.40 bits per heavy atom. The van der Waals surface area contributed by atoms with Crippen molar-refractivity contribution in [2.45, 2.75) is 58.3 Å². The molecule has 1 aliphatic rings. The molecule has 1 aromatic carbocycles. The van der Waals surface area contributed by atoms with Crippen LogP contribution >= 0.6 is 0 Å². The van der Waals surface area contributed by atoms with Crippen LogP contribution in [0.5, 0.6) is 0 Å². The highest BCUT2D eigenvalue weighted by atomic mass is 16.5. The van der Waals surface area contributed by atoms with Gasteiger partial charge >= 0.3 is 0 Å². The summed E-state index contributed by atoms with van der Waals surface area (Å²) in [5.74, 6) is 0. The number of benzene rings is 1. The summed E-state index contributed by atoms with van der Waals surface area (Å²) in [6.07, 6.45) is 1.38. The molecule has 4 unspecified atom stereocenters. The molecule has 0 radical (unpaired) electrons. The van der Waals surface area contributed by atoms with Gasteiger partial charge in [-0.3, -0.25) is 4.90 Å². The van der Waals surface area contributed by atoms with Crippen molar-refractivity contribution in [2.24, 2.45) is 5.73 Å². The quantitative estimate of drug-likeness (QED) is 0.919. The minimum atomic E-state index is 0.107. The molecule has 3 heteroatoms. The van der Waals surface area contributed by atoms with E-state index < -0.39 is 0 Å². The second-order valence-corrected chi connectivity index (χ2v) is 6.06. The topological polar surface area (TPSA) is 38.5 Å². The van der Waals surface area contributed by atoms with Gasteiger partial charge in [-0.1, -0.05) is 31.2 Å². The van der Waals surface area contributed by atoms with Crippen molar-refractivity contribution in [3.8, 4) is 0 Å². The van der Waals surface area contributed by atoms with E-state index in [0.717, 1.165) is 19.6 Å². The van der Waals surface area contributed by atoms with E-state index in [0.29, 0.717) is 6.04 Å². The Morgan fingerprint density at radius 2 is 2.10 bits per heavy atom. The van der Waals surface area contributed by atoms with E-state index in [-0.39, 0.29) is 18.2 Å². The van der Waals surface area contributed by atoms with Gasteiger partial charge in [-0.2, -0.15) is 0 Å². The monoisotopic (exact) mass is 276 g/mol. The third-order valence-corrected chi connectivity index (χ3v) is 4.34. The molecule has 1 fully saturated rings. The standard InChI is InChI=1S/C17H28N2O/c1-5-15-11-20-13(3)10-19(15)17(14(4)18)16-9-7-6-8-12(16)2/h6-9,13-15,17H,5,10-11,18H2,1-4H3. The maximum absolute atomic E-state index is 6.35. The van der Waals surface area contributed by atoms with Crippen LogP contribution in [-0.2, 0) is 4.74 Å². The van der Waals surface area contributed by atoms with Crippen LogP contribution in [0, 0.1) is 6.92 Å². The molecule has 20 heavy (non-hydrogen) atoms. The lowest BCUT2D eigenvalue weighted by atomic mass is 9.92. The lowest BCUT2D eigenvalue weighted by Crippen LogP contribution is -2.53. The van der Waals surface area contributed by atoms with Crippen molar-refractivity contribution in [1.29, 1.82) is 0 Å². The molecule has 1 heterocycles. The maximum atomic E-state index is 6.35. The van der Waals surface area contributed by atoms with Crippen molar-refractivity contribution in [1.82, 2.24) is 4.90 Å². The van der Waals surface area contributed by atoms with Gasteiger partial charge in [-0.25, -0.2) is 0 Å². The highest BCUT2D eigenvalue weighted by molar-refractivity contribution is 5.30. The van der Waals surface area contributed by atoms with Gasteiger partial charge < -0.3 is 10.5 Å². The number of morpholine rings is 1. The first-order valence-electron chi connectivity index (χ1n) is 7.73. The van der Waals surface area contributed by atoms with Gasteiger partial charge in [0.2, 0.25) is 0 Å². The second kappa shape index (κ2) is 6.70. The molecular weight excluding hydrogens is 248 g/mol. The molecule has 0 bridgehead atoms. The molecule has 112 valence electrons. The first-order chi connectivity index (χ1) is 9.54. The number of rotatable bonds is 4. The van der Waals surface area contributed by atoms with Crippen molar-refractivity contribution in [3.63, 3.8) is 0 Å². The molecule has 0 aromatic heterocycles. The average molecular weight is 276 g/mol. The normalized spacial score (nSPS) is 27.2. The summed E-state index contributed by atoms with van der Waals surface area (Å²) in [6, 6.07) is 9.44. The summed E-state index contributed by atoms with van der Waals surface area (Å²) in [5.41, 5.74) is 9.03. The third-order valence-electron chi connectivity index (χ3n) is 4.34. The lowest BCUT2D eigenvalue weighted by molar-refractivity contribution is -0.0763. The zero-order valence-corrected chi connectivity index (χ0v) is 13.2. The number of ether oxygens (including phenoxy) is 1. The van der Waals surface area contributed by atoms with Crippen LogP contribution in [0.1, 0.15) is 44.4 Å². The lowest BCUT2D eigenvalue weighted by Gasteiger charge is -2.45. The minimum absolute atomic E-state index is 0.107. The van der Waals surface area contributed by atoms with E-state index >= 15 is 0 Å². The number of hydrogen-bond donors (Lipinski definition) is 1. The fourth-order valence-corrected chi connectivity index (χ4v) is 3.25. The number of hydrogen-bond acceptors (Lipinski definition) is 3. The molecule has 1 aromatic rings. The summed E-state index contributed by atoms with van der Waals surface area (Å²) in [7, 11) is 0. The number of nitrogens with two attached hydrogens (primary N) is 1. The second-order valence-electron chi connectivity index (χ2n) is 6.06. The Kier molecular flexibility index (Phi) is 5.19. The van der Waals surface area contributed by atoms with E-state index in [1.54, 1.807) is 0 Å². The van der Waals surface area contributed by atoms with Crippen LogP contribution in [0.3, 0.4) is 0 Å². The van der Waals surface area contributed by atoms with Crippen molar-refractivity contribution >= 4 is 0 Å². The average Bonchev–Trinajstić information content (AvgIpc) is 2.41. The molecule has 2 N–H and O–H groups in total. The van der Waals surface area contributed by atoms with Gasteiger partial charge in [0.25, 0.3) is 0 Å². The zero-order chi connectivity index (χ0) is 14.7. The van der Waals surface area contributed by atoms with E-state index in [9.17, 15) is 0 Å². The van der Waals surface area contributed by atoms with Crippen molar-refractivity contribution in [2.75, 3.05) is 13.2 Å². The summed E-state index contributed by atoms with van der Waals surface area (Å²) >= 11 is 0. The smallest absolute Gasteiger partial charge is 0.0675 e. The predicted molar refractivity (Wildman–Crippen MR) is 83.8 cm³/mol. The van der Waals surface area contributed by atoms with Gasteiger partial charge in [0.05, 0.1) is 18.8 Å². The van der Waals surface area contributed by atoms with Gasteiger partial charge in [0.1, 0.15) is 0 Å². The maximum Gasteiger partial charge on any atom is 0.0675 e. The SMILES string of the molecule is CCC1COC(C)CN1C(c1ccccc1C)C(C)N. The molecule has 3 nitrogen and oxygen atoms in total. The Morgan fingerprint density at radius 3 is 2.70 bits per heavy atom. The Bertz CT molecular complexity index is 433. The fraction of sp³-hybridized carbons (Fsp3) is 0.647. The van der Waals surface area contributed by atoms with Crippen LogP contribution in [0.2, 0.25) is 0 Å². The van der Waals surface area contributed by atoms with Crippen molar-refractivity contribution < 1.29 is 4.74 Å². The number of nitrogens with zero attached hydrogens (tertiary/aromatic N) is 1. The zero-order valence-electron chi connectivity index (χ0n) is 13.2. The Balaban J connectivity index is 2.34. The first kappa shape index (κ1) is 15.5. The van der Waals surface area contributed by atoms with Crippen LogP contribution in [0.15, 0.2) is 24.3 Å². The van der Waals surface area contributed by atoms with E-state index in [2.05, 4.69) is 56.9 Å². The highest BCUT2D eigenvalue weighted by Gasteiger charge is 2.34. The fourth-order valence-electron chi connectivity index (χ4n) is 3.25. The molecule has 0 saturated carbocycles. The highest BCUT2D eigenvalue weighted by Crippen LogP contribution is 2.31. The van der Waals surface area contributed by atoms with Crippen LogP contribution in [0.4, 0.5) is 0 Å². The molecule has 2 rings (SSSR count). The summed E-state index contributed by atoms with van der Waals surface area (Å²) in [4.78, 5) is 2.56. The van der Waals surface area contributed by atoms with E-state index in [1.807, 2.05) is 0 Å². The van der Waals surface area contributed by atoms with Gasteiger partial charge in [0, 0.05) is 18.6 Å². The summed E-state index contributed by atoms with van der Waals surface area (Å²) < 4.78 is 5.83. The Labute approximate surface area is 123 Å². The van der Waals surface area contributed by atoms with Crippen molar-refractivity contribution in [3.05, 3.63) is 35.4 Å². The molecule has 0 spiro atoms. The Hall–Kier alpha value is -0.900. The number of aryl methyl sites for hydroxylation is 1. The van der Waals surface area contributed by atoms with Gasteiger partial charge in [0.15, 0.2) is 0 Å². The third kappa shape index (κ3) is 3.22.